The fraction of sp³-hybridized carbons (Fsp3) is 0.429. The van der Waals surface area contributed by atoms with E-state index < -0.39 is 0 Å². The van der Waals surface area contributed by atoms with Crippen molar-refractivity contribution in [2.75, 3.05) is 19.7 Å². The summed E-state index contributed by atoms with van der Waals surface area (Å²) in [7, 11) is 0. The minimum absolute atomic E-state index is 0.0864. The molecule has 1 atom stereocenters. The summed E-state index contributed by atoms with van der Waals surface area (Å²) in [5, 5.41) is 16.1. The molecule has 0 spiro atoms. The molecule has 0 radical (unpaired) electrons. The van der Waals surface area contributed by atoms with Crippen LogP contribution in [0.3, 0.4) is 0 Å². The number of nitrogens with zero attached hydrogens (tertiary/aromatic N) is 4. The van der Waals surface area contributed by atoms with Crippen LogP contribution >= 0.6 is 0 Å². The van der Waals surface area contributed by atoms with Crippen LogP contribution in [0.5, 0.6) is 0 Å². The van der Waals surface area contributed by atoms with Gasteiger partial charge >= 0.3 is 0 Å². The predicted molar refractivity (Wildman–Crippen MR) is 74.7 cm³/mol. The number of carbonyl (C=O) groups excluding carboxylic acids is 1. The highest BCUT2D eigenvalue weighted by molar-refractivity contribution is 5.92. The van der Waals surface area contributed by atoms with Crippen LogP contribution in [0.4, 0.5) is 0 Å². The van der Waals surface area contributed by atoms with Crippen molar-refractivity contribution in [1.82, 2.24) is 25.1 Å². The van der Waals surface area contributed by atoms with Crippen molar-refractivity contribution in [1.29, 1.82) is 0 Å². The van der Waals surface area contributed by atoms with Crippen LogP contribution in [-0.4, -0.2) is 55.8 Å². The third-order valence-electron chi connectivity index (χ3n) is 3.71. The Labute approximate surface area is 122 Å². The molecule has 7 heteroatoms. The number of carbonyl (C=O) groups is 1. The molecule has 3 heterocycles. The molecule has 0 aromatic carbocycles. The van der Waals surface area contributed by atoms with E-state index in [1.54, 1.807) is 11.1 Å². The molecular formula is C14H17N5O2. The van der Waals surface area contributed by atoms with E-state index in [1.807, 2.05) is 6.07 Å². The van der Waals surface area contributed by atoms with Crippen LogP contribution in [0, 0.1) is 0 Å². The summed E-state index contributed by atoms with van der Waals surface area (Å²) in [6.07, 6.45) is 6.02. The third-order valence-corrected chi connectivity index (χ3v) is 3.71. The van der Waals surface area contributed by atoms with Gasteiger partial charge in [-0.3, -0.25) is 14.9 Å². The lowest BCUT2D eigenvalue weighted by Gasteiger charge is -2.15. The van der Waals surface area contributed by atoms with Crippen LogP contribution < -0.4 is 0 Å². The zero-order valence-electron chi connectivity index (χ0n) is 11.6. The Bertz CT molecular complexity index is 613. The van der Waals surface area contributed by atoms with Gasteiger partial charge in [0.15, 0.2) is 0 Å². The lowest BCUT2D eigenvalue weighted by molar-refractivity contribution is 0.0784. The second kappa shape index (κ2) is 6.01. The minimum atomic E-state index is -0.0864. The normalized spacial score (nSPS) is 18.1. The number of amides is 1. The van der Waals surface area contributed by atoms with Gasteiger partial charge in [-0.2, -0.15) is 5.10 Å². The van der Waals surface area contributed by atoms with Crippen molar-refractivity contribution in [3.8, 4) is 0 Å². The van der Waals surface area contributed by atoms with Crippen LogP contribution in [0.1, 0.15) is 34.2 Å². The number of H-pyrrole nitrogens is 1. The Morgan fingerprint density at radius 1 is 1.48 bits per heavy atom. The van der Waals surface area contributed by atoms with Crippen LogP contribution in [-0.2, 0) is 6.42 Å². The Hall–Kier alpha value is -2.28. The molecule has 7 nitrogen and oxygen atoms in total. The average Bonchev–Trinajstić information content (AvgIpc) is 3.16. The first-order valence-corrected chi connectivity index (χ1v) is 6.98. The fourth-order valence-corrected chi connectivity index (χ4v) is 2.59. The van der Waals surface area contributed by atoms with E-state index in [0.29, 0.717) is 25.2 Å². The third kappa shape index (κ3) is 2.92. The molecule has 1 amide bonds. The summed E-state index contributed by atoms with van der Waals surface area (Å²) in [4.78, 5) is 22.1. The first-order chi connectivity index (χ1) is 10.3. The van der Waals surface area contributed by atoms with E-state index in [-0.39, 0.29) is 18.4 Å². The zero-order valence-corrected chi connectivity index (χ0v) is 11.6. The molecule has 0 saturated carbocycles. The maximum atomic E-state index is 12.3. The van der Waals surface area contributed by atoms with Gasteiger partial charge in [0.2, 0.25) is 0 Å². The maximum absolute atomic E-state index is 12.3. The average molecular weight is 287 g/mol. The summed E-state index contributed by atoms with van der Waals surface area (Å²) in [5.74, 6) is 0.144. The van der Waals surface area contributed by atoms with Gasteiger partial charge in [0.05, 0.1) is 11.9 Å². The highest BCUT2D eigenvalue weighted by Crippen LogP contribution is 2.27. The molecule has 2 aromatic rings. The number of hydrogen-bond acceptors (Lipinski definition) is 5. The molecule has 1 saturated heterocycles. The highest BCUT2D eigenvalue weighted by atomic mass is 16.3. The Morgan fingerprint density at radius 3 is 3.14 bits per heavy atom. The fourth-order valence-electron chi connectivity index (χ4n) is 2.59. The van der Waals surface area contributed by atoms with Crippen molar-refractivity contribution >= 4 is 5.91 Å². The lowest BCUT2D eigenvalue weighted by Crippen LogP contribution is -2.29. The van der Waals surface area contributed by atoms with Crippen molar-refractivity contribution in [3.05, 3.63) is 41.7 Å². The van der Waals surface area contributed by atoms with Crippen LogP contribution in [0.25, 0.3) is 0 Å². The molecule has 3 rings (SSSR count). The van der Waals surface area contributed by atoms with E-state index in [1.165, 1.54) is 12.4 Å². The van der Waals surface area contributed by atoms with Crippen molar-refractivity contribution in [2.24, 2.45) is 0 Å². The maximum Gasteiger partial charge on any atom is 0.274 e. The topological polar surface area (TPSA) is 95.0 Å². The van der Waals surface area contributed by atoms with E-state index in [9.17, 15) is 4.79 Å². The monoisotopic (exact) mass is 287 g/mol. The molecule has 1 unspecified atom stereocenters. The van der Waals surface area contributed by atoms with Gasteiger partial charge in [0.1, 0.15) is 5.69 Å². The molecule has 110 valence electrons. The first-order valence-electron chi connectivity index (χ1n) is 6.98. The van der Waals surface area contributed by atoms with Gasteiger partial charge < -0.3 is 10.0 Å². The van der Waals surface area contributed by atoms with Crippen molar-refractivity contribution in [3.63, 3.8) is 0 Å². The van der Waals surface area contributed by atoms with E-state index in [4.69, 9.17) is 5.11 Å². The van der Waals surface area contributed by atoms with Crippen molar-refractivity contribution in [2.45, 2.75) is 18.8 Å². The first kappa shape index (κ1) is 13.7. The molecule has 0 aliphatic carbocycles. The zero-order chi connectivity index (χ0) is 14.7. The summed E-state index contributed by atoms with van der Waals surface area (Å²) in [6, 6.07) is 1.97. The Morgan fingerprint density at radius 2 is 2.38 bits per heavy atom. The molecular weight excluding hydrogens is 270 g/mol. The van der Waals surface area contributed by atoms with Gasteiger partial charge in [0.25, 0.3) is 5.91 Å². The Balaban J connectivity index is 1.66. The van der Waals surface area contributed by atoms with E-state index in [0.717, 1.165) is 17.8 Å². The molecule has 21 heavy (non-hydrogen) atoms. The van der Waals surface area contributed by atoms with Crippen LogP contribution in [0.2, 0.25) is 0 Å². The van der Waals surface area contributed by atoms with E-state index in [2.05, 4.69) is 20.2 Å². The second-order valence-electron chi connectivity index (χ2n) is 5.12. The number of aliphatic hydroxyl groups is 1. The van der Waals surface area contributed by atoms with Gasteiger partial charge in [-0.15, -0.1) is 0 Å². The number of aromatic amines is 1. The number of likely N-dealkylation sites (tertiary alicyclic amines) is 1. The molecule has 0 bridgehead atoms. The smallest absolute Gasteiger partial charge is 0.274 e. The lowest BCUT2D eigenvalue weighted by atomic mass is 10.0. The highest BCUT2D eigenvalue weighted by Gasteiger charge is 2.30. The summed E-state index contributed by atoms with van der Waals surface area (Å²) in [5.41, 5.74) is 2.25. The summed E-state index contributed by atoms with van der Waals surface area (Å²) in [6.45, 7) is 1.44. The van der Waals surface area contributed by atoms with Crippen molar-refractivity contribution < 1.29 is 9.90 Å². The number of aromatic nitrogens is 4. The Kier molecular flexibility index (Phi) is 3.92. The molecule has 1 fully saturated rings. The number of nitrogens with one attached hydrogen (secondary N) is 1. The summed E-state index contributed by atoms with van der Waals surface area (Å²) < 4.78 is 0. The predicted octanol–water partition coefficient (Wildman–Crippen LogP) is 0.364. The molecule has 2 N–H and O–H groups in total. The number of rotatable bonds is 4. The summed E-state index contributed by atoms with van der Waals surface area (Å²) >= 11 is 0. The minimum Gasteiger partial charge on any atom is -0.396 e. The van der Waals surface area contributed by atoms with E-state index >= 15 is 0 Å². The quantitative estimate of drug-likeness (QED) is 0.847. The van der Waals surface area contributed by atoms with Gasteiger partial charge in [-0.05, 0) is 12.5 Å². The van der Waals surface area contributed by atoms with Gasteiger partial charge in [0, 0.05) is 50.1 Å². The number of hydrogen-bond donors (Lipinski definition) is 2. The molecule has 1 aliphatic rings. The van der Waals surface area contributed by atoms with Gasteiger partial charge in [-0.25, -0.2) is 4.98 Å². The second-order valence-corrected chi connectivity index (χ2v) is 5.12. The SMILES string of the molecule is O=C(c1cnccn1)N1CCC(c2cc(CCO)[nH]n2)C1. The van der Waals surface area contributed by atoms with Gasteiger partial charge in [-0.1, -0.05) is 0 Å². The number of aliphatic hydroxyl groups excluding tert-OH is 1. The van der Waals surface area contributed by atoms with Crippen LogP contribution in [0.15, 0.2) is 24.7 Å². The molecule has 1 aliphatic heterocycles. The molecule has 2 aromatic heterocycles. The standard InChI is InChI=1S/C14H17N5O2/c20-6-2-11-7-12(18-17-11)10-1-5-19(9-10)14(21)13-8-15-3-4-16-13/h3-4,7-8,10,20H,1-2,5-6,9H2,(H,17,18). The largest absolute Gasteiger partial charge is 0.396 e.